The standard InChI is InChI=1S/C23H24ClFN2O3/c1-2-3-13-30-21(28)10-6-9-20-23(29)27-19-12-11-15(24)14-17(19)22(26-20)16-7-4-5-8-18(16)25/h4-5,7-8,11-12,14,20H,2-3,6,9-10,13H2,1H3,(H,27,29)/t20-/m0/s1. The molecule has 30 heavy (non-hydrogen) atoms. The maximum Gasteiger partial charge on any atom is 0.305 e. The van der Waals surface area contributed by atoms with Gasteiger partial charge in [0, 0.05) is 22.6 Å². The summed E-state index contributed by atoms with van der Waals surface area (Å²) in [5.41, 5.74) is 1.73. The fraction of sp³-hybridized carbons (Fsp3) is 0.348. The molecule has 1 heterocycles. The number of benzene rings is 2. The van der Waals surface area contributed by atoms with Crippen molar-refractivity contribution in [2.45, 2.75) is 45.1 Å². The number of amides is 1. The minimum absolute atomic E-state index is 0.205. The number of anilines is 1. The van der Waals surface area contributed by atoms with Gasteiger partial charge in [-0.1, -0.05) is 37.1 Å². The molecule has 2 aromatic rings. The molecular weight excluding hydrogens is 407 g/mol. The SMILES string of the molecule is CCCCOC(=O)CCC[C@@H]1N=C(c2ccccc2F)c2cc(Cl)ccc2NC1=O. The topological polar surface area (TPSA) is 67.8 Å². The van der Waals surface area contributed by atoms with Crippen LogP contribution in [0.1, 0.15) is 50.2 Å². The average Bonchev–Trinajstić information content (AvgIpc) is 2.85. The van der Waals surface area contributed by atoms with Crippen molar-refractivity contribution in [3.05, 3.63) is 64.4 Å². The predicted octanol–water partition coefficient (Wildman–Crippen LogP) is 5.15. The van der Waals surface area contributed by atoms with E-state index in [1.54, 1.807) is 36.4 Å². The number of halogens is 2. The first-order chi connectivity index (χ1) is 14.5. The number of fused-ring (bicyclic) bond motifs is 1. The monoisotopic (exact) mass is 430 g/mol. The lowest BCUT2D eigenvalue weighted by molar-refractivity contribution is -0.144. The lowest BCUT2D eigenvalue weighted by Crippen LogP contribution is -2.25. The minimum atomic E-state index is -0.755. The number of hydrogen-bond donors (Lipinski definition) is 1. The van der Waals surface area contributed by atoms with Gasteiger partial charge in [-0.3, -0.25) is 14.6 Å². The van der Waals surface area contributed by atoms with Crippen molar-refractivity contribution in [1.82, 2.24) is 0 Å². The van der Waals surface area contributed by atoms with E-state index < -0.39 is 11.9 Å². The molecule has 7 heteroatoms. The van der Waals surface area contributed by atoms with Crippen LogP contribution in [0.2, 0.25) is 5.02 Å². The van der Waals surface area contributed by atoms with E-state index in [1.165, 1.54) is 6.07 Å². The molecular formula is C23H24ClFN2O3. The van der Waals surface area contributed by atoms with Gasteiger partial charge in [-0.25, -0.2) is 4.39 Å². The number of hydrogen-bond acceptors (Lipinski definition) is 4. The van der Waals surface area contributed by atoms with Gasteiger partial charge in [-0.2, -0.15) is 0 Å². The molecule has 0 saturated heterocycles. The highest BCUT2D eigenvalue weighted by Gasteiger charge is 2.27. The highest BCUT2D eigenvalue weighted by molar-refractivity contribution is 6.32. The van der Waals surface area contributed by atoms with Crippen LogP contribution in [0.5, 0.6) is 0 Å². The average molecular weight is 431 g/mol. The number of nitrogens with zero attached hydrogens (tertiary/aromatic N) is 1. The Hall–Kier alpha value is -2.73. The molecule has 5 nitrogen and oxygen atoms in total. The summed E-state index contributed by atoms with van der Waals surface area (Å²) in [4.78, 5) is 29.2. The Morgan fingerprint density at radius 1 is 1.20 bits per heavy atom. The van der Waals surface area contributed by atoms with Crippen LogP contribution in [-0.4, -0.2) is 30.2 Å². The van der Waals surface area contributed by atoms with Crippen molar-refractivity contribution in [1.29, 1.82) is 0 Å². The van der Waals surface area contributed by atoms with Gasteiger partial charge in [-0.05, 0) is 49.6 Å². The summed E-state index contributed by atoms with van der Waals surface area (Å²) in [6.45, 7) is 2.43. The van der Waals surface area contributed by atoms with E-state index in [0.717, 1.165) is 12.8 Å². The van der Waals surface area contributed by atoms with Crippen LogP contribution >= 0.6 is 11.6 Å². The van der Waals surface area contributed by atoms with Gasteiger partial charge in [0.1, 0.15) is 11.9 Å². The minimum Gasteiger partial charge on any atom is -0.466 e. The number of rotatable bonds is 8. The van der Waals surface area contributed by atoms with E-state index in [4.69, 9.17) is 16.3 Å². The van der Waals surface area contributed by atoms with Crippen LogP contribution in [-0.2, 0) is 14.3 Å². The Morgan fingerprint density at radius 3 is 2.77 bits per heavy atom. The van der Waals surface area contributed by atoms with Crippen LogP contribution in [0.15, 0.2) is 47.5 Å². The van der Waals surface area contributed by atoms with Crippen LogP contribution in [0.4, 0.5) is 10.1 Å². The molecule has 1 amide bonds. The third-order valence-electron chi connectivity index (χ3n) is 4.83. The number of esters is 1. The molecule has 0 fully saturated rings. The van der Waals surface area contributed by atoms with Gasteiger partial charge >= 0.3 is 5.97 Å². The number of carbonyl (C=O) groups is 2. The Morgan fingerprint density at radius 2 is 2.00 bits per heavy atom. The normalized spacial score (nSPS) is 15.6. The third-order valence-corrected chi connectivity index (χ3v) is 5.07. The van der Waals surface area contributed by atoms with Crippen molar-refractivity contribution in [2.75, 3.05) is 11.9 Å². The number of benzodiazepines with no additional fused rings is 1. The predicted molar refractivity (Wildman–Crippen MR) is 116 cm³/mol. The number of unbranched alkanes of at least 4 members (excludes halogenated alkanes) is 1. The zero-order chi connectivity index (χ0) is 21.5. The third kappa shape index (κ3) is 5.45. The van der Waals surface area contributed by atoms with E-state index in [1.807, 2.05) is 6.92 Å². The highest BCUT2D eigenvalue weighted by atomic mass is 35.5. The maximum absolute atomic E-state index is 14.6. The van der Waals surface area contributed by atoms with E-state index >= 15 is 0 Å². The molecule has 0 aliphatic carbocycles. The fourth-order valence-corrected chi connectivity index (χ4v) is 3.40. The quantitative estimate of drug-likeness (QED) is 0.465. The molecule has 3 rings (SSSR count). The van der Waals surface area contributed by atoms with Gasteiger partial charge < -0.3 is 10.1 Å². The molecule has 0 aromatic heterocycles. The Bertz CT molecular complexity index is 961. The van der Waals surface area contributed by atoms with Crippen LogP contribution < -0.4 is 5.32 Å². The highest BCUT2D eigenvalue weighted by Crippen LogP contribution is 2.29. The number of aliphatic imine (C=N–C) groups is 1. The maximum atomic E-state index is 14.6. The first kappa shape index (κ1) is 22.0. The van der Waals surface area contributed by atoms with Crippen molar-refractivity contribution in [3.8, 4) is 0 Å². The number of nitrogens with one attached hydrogen (secondary N) is 1. The summed E-state index contributed by atoms with van der Waals surface area (Å²) < 4.78 is 19.7. The number of carbonyl (C=O) groups excluding carboxylic acids is 2. The summed E-state index contributed by atoms with van der Waals surface area (Å²) in [6.07, 6.45) is 2.76. The Balaban J connectivity index is 1.84. The lowest BCUT2D eigenvalue weighted by Gasteiger charge is -2.11. The van der Waals surface area contributed by atoms with Crippen molar-refractivity contribution >= 4 is 34.9 Å². The van der Waals surface area contributed by atoms with Gasteiger partial charge in [0.25, 0.3) is 0 Å². The van der Waals surface area contributed by atoms with E-state index in [0.29, 0.717) is 47.0 Å². The van der Waals surface area contributed by atoms with Gasteiger partial charge in [0.2, 0.25) is 5.91 Å². The van der Waals surface area contributed by atoms with Crippen molar-refractivity contribution in [3.63, 3.8) is 0 Å². The molecule has 1 atom stereocenters. The molecule has 0 radical (unpaired) electrons. The molecule has 158 valence electrons. The Labute approximate surface area is 180 Å². The van der Waals surface area contributed by atoms with Crippen LogP contribution in [0.25, 0.3) is 0 Å². The van der Waals surface area contributed by atoms with Crippen molar-refractivity contribution in [2.24, 2.45) is 4.99 Å². The summed E-state index contributed by atoms with van der Waals surface area (Å²) >= 11 is 6.15. The molecule has 0 spiro atoms. The smallest absolute Gasteiger partial charge is 0.305 e. The van der Waals surface area contributed by atoms with Gasteiger partial charge in [0.15, 0.2) is 0 Å². The number of ether oxygens (including phenoxy) is 1. The van der Waals surface area contributed by atoms with Crippen molar-refractivity contribution < 1.29 is 18.7 Å². The van der Waals surface area contributed by atoms with E-state index in [-0.39, 0.29) is 18.3 Å². The fourth-order valence-electron chi connectivity index (χ4n) is 3.23. The largest absolute Gasteiger partial charge is 0.466 e. The molecule has 0 bridgehead atoms. The zero-order valence-corrected chi connectivity index (χ0v) is 17.5. The summed E-state index contributed by atoms with van der Waals surface area (Å²) in [5.74, 6) is -1.02. The first-order valence-electron chi connectivity index (χ1n) is 10.1. The van der Waals surface area contributed by atoms with Gasteiger partial charge in [-0.15, -0.1) is 0 Å². The molecule has 0 unspecified atom stereocenters. The molecule has 1 aliphatic heterocycles. The molecule has 0 saturated carbocycles. The second kappa shape index (κ2) is 10.3. The van der Waals surface area contributed by atoms with Gasteiger partial charge in [0.05, 0.1) is 18.0 Å². The molecule has 2 aromatic carbocycles. The Kier molecular flexibility index (Phi) is 7.57. The second-order valence-corrected chi connectivity index (χ2v) is 7.56. The molecule has 1 N–H and O–H groups in total. The molecule has 1 aliphatic rings. The zero-order valence-electron chi connectivity index (χ0n) is 16.8. The second-order valence-electron chi connectivity index (χ2n) is 7.12. The van der Waals surface area contributed by atoms with E-state index in [9.17, 15) is 14.0 Å². The first-order valence-corrected chi connectivity index (χ1v) is 10.5. The van der Waals surface area contributed by atoms with Crippen LogP contribution in [0, 0.1) is 5.82 Å². The summed E-state index contributed by atoms with van der Waals surface area (Å²) in [5, 5.41) is 3.31. The summed E-state index contributed by atoms with van der Waals surface area (Å²) in [7, 11) is 0. The lowest BCUT2D eigenvalue weighted by atomic mass is 10.00. The van der Waals surface area contributed by atoms with E-state index in [2.05, 4.69) is 10.3 Å². The summed E-state index contributed by atoms with van der Waals surface area (Å²) in [6, 6.07) is 10.5. The van der Waals surface area contributed by atoms with Crippen LogP contribution in [0.3, 0.4) is 0 Å².